The second kappa shape index (κ2) is 5.78. The van der Waals surface area contributed by atoms with Crippen LogP contribution in [0.1, 0.15) is 11.5 Å². The summed E-state index contributed by atoms with van der Waals surface area (Å²) in [6.45, 7) is 0.385. The molecule has 0 aliphatic carbocycles. The second-order valence-electron chi connectivity index (χ2n) is 4.07. The molecule has 3 aromatic rings. The van der Waals surface area contributed by atoms with Gasteiger partial charge in [-0.3, -0.25) is 0 Å². The molecule has 0 saturated heterocycles. The molecule has 0 radical (unpaired) electrons. The Kier molecular flexibility index (Phi) is 3.86. The highest BCUT2D eigenvalue weighted by Crippen LogP contribution is 2.26. The van der Waals surface area contributed by atoms with E-state index in [-0.39, 0.29) is 0 Å². The zero-order valence-corrected chi connectivity index (χ0v) is 12.4. The lowest BCUT2D eigenvalue weighted by Gasteiger charge is -2.00. The first kappa shape index (κ1) is 13.3. The van der Waals surface area contributed by atoms with Crippen molar-refractivity contribution in [2.75, 3.05) is 0 Å². The van der Waals surface area contributed by atoms with Crippen LogP contribution < -0.4 is 5.73 Å². The van der Waals surface area contributed by atoms with E-state index in [4.69, 9.17) is 10.2 Å². The minimum Gasteiger partial charge on any atom is -0.444 e. The number of aromatic nitrogens is 4. The Bertz CT molecular complexity index is 689. The van der Waals surface area contributed by atoms with E-state index in [0.29, 0.717) is 18.2 Å². The smallest absolute Gasteiger partial charge is 0.236 e. The van der Waals surface area contributed by atoms with Crippen LogP contribution in [0, 0.1) is 0 Å². The standard InChI is InChI=1S/C12H13N5OS2/c1-17-10(5-13)15-16-12(17)20-7-8-6-18-11(14-8)9-3-2-4-19-9/h2-4,6H,5,7,13H2,1H3. The van der Waals surface area contributed by atoms with Crippen molar-refractivity contribution in [2.45, 2.75) is 17.5 Å². The first-order chi connectivity index (χ1) is 9.78. The van der Waals surface area contributed by atoms with Crippen LogP contribution >= 0.6 is 23.1 Å². The molecule has 3 heterocycles. The van der Waals surface area contributed by atoms with Crippen LogP contribution in [0.3, 0.4) is 0 Å². The first-order valence-electron chi connectivity index (χ1n) is 5.97. The van der Waals surface area contributed by atoms with E-state index in [1.165, 1.54) is 0 Å². The second-order valence-corrected chi connectivity index (χ2v) is 5.96. The average molecular weight is 307 g/mol. The Morgan fingerprint density at radius 2 is 2.35 bits per heavy atom. The van der Waals surface area contributed by atoms with E-state index in [1.54, 1.807) is 29.4 Å². The minimum absolute atomic E-state index is 0.385. The van der Waals surface area contributed by atoms with Crippen molar-refractivity contribution in [3.05, 3.63) is 35.3 Å². The van der Waals surface area contributed by atoms with Crippen LogP contribution in [0.2, 0.25) is 0 Å². The van der Waals surface area contributed by atoms with E-state index in [9.17, 15) is 0 Å². The predicted octanol–water partition coefficient (Wildman–Crippen LogP) is 2.28. The summed E-state index contributed by atoms with van der Waals surface area (Å²) in [6, 6.07) is 3.97. The van der Waals surface area contributed by atoms with Crippen molar-refractivity contribution < 1.29 is 4.42 Å². The molecule has 0 aliphatic rings. The summed E-state index contributed by atoms with van der Waals surface area (Å²) in [6.07, 6.45) is 1.68. The molecule has 0 unspecified atom stereocenters. The highest BCUT2D eigenvalue weighted by molar-refractivity contribution is 7.98. The van der Waals surface area contributed by atoms with Gasteiger partial charge in [-0.25, -0.2) is 4.98 Å². The molecule has 8 heteroatoms. The van der Waals surface area contributed by atoms with Gasteiger partial charge < -0.3 is 14.7 Å². The molecule has 0 aromatic carbocycles. The Morgan fingerprint density at radius 3 is 3.05 bits per heavy atom. The molecular weight excluding hydrogens is 294 g/mol. The Labute approximate surface area is 124 Å². The lowest BCUT2D eigenvalue weighted by atomic mass is 10.5. The largest absolute Gasteiger partial charge is 0.444 e. The SMILES string of the molecule is Cn1c(CN)nnc1SCc1coc(-c2cccs2)n1. The summed E-state index contributed by atoms with van der Waals surface area (Å²) in [7, 11) is 1.91. The molecule has 0 amide bonds. The number of hydrogen-bond acceptors (Lipinski definition) is 7. The molecule has 0 fully saturated rings. The van der Waals surface area contributed by atoms with Crippen LogP contribution in [0.25, 0.3) is 10.8 Å². The molecular formula is C12H13N5OS2. The summed E-state index contributed by atoms with van der Waals surface area (Å²) in [5.41, 5.74) is 6.45. The molecule has 0 saturated carbocycles. The summed E-state index contributed by atoms with van der Waals surface area (Å²) in [4.78, 5) is 5.50. The third-order valence-electron chi connectivity index (χ3n) is 2.74. The van der Waals surface area contributed by atoms with Crippen molar-refractivity contribution >= 4 is 23.1 Å². The average Bonchev–Trinajstić information content (AvgIpc) is 3.17. The van der Waals surface area contributed by atoms with Crippen LogP contribution in [0.5, 0.6) is 0 Å². The topological polar surface area (TPSA) is 82.8 Å². The normalized spacial score (nSPS) is 11.1. The van der Waals surface area contributed by atoms with Gasteiger partial charge in [-0.1, -0.05) is 17.8 Å². The van der Waals surface area contributed by atoms with Gasteiger partial charge in [0, 0.05) is 12.8 Å². The monoisotopic (exact) mass is 307 g/mol. The van der Waals surface area contributed by atoms with Crippen LogP contribution in [-0.2, 0) is 19.3 Å². The zero-order chi connectivity index (χ0) is 13.9. The fourth-order valence-corrected chi connectivity index (χ4v) is 3.14. The number of nitrogens with two attached hydrogens (primary N) is 1. The fourth-order valence-electron chi connectivity index (χ4n) is 1.67. The molecule has 0 bridgehead atoms. The minimum atomic E-state index is 0.385. The molecule has 0 atom stereocenters. The van der Waals surface area contributed by atoms with Crippen LogP contribution in [0.15, 0.2) is 33.3 Å². The zero-order valence-electron chi connectivity index (χ0n) is 10.8. The lowest BCUT2D eigenvalue weighted by molar-refractivity contribution is 0.575. The molecule has 2 N–H and O–H groups in total. The van der Waals surface area contributed by atoms with Gasteiger partial charge in [-0.05, 0) is 11.4 Å². The number of rotatable bonds is 5. The summed E-state index contributed by atoms with van der Waals surface area (Å²) >= 11 is 3.17. The number of thioether (sulfide) groups is 1. The first-order valence-corrected chi connectivity index (χ1v) is 7.84. The van der Waals surface area contributed by atoms with E-state index < -0.39 is 0 Å². The van der Waals surface area contributed by atoms with Crippen molar-refractivity contribution in [3.8, 4) is 10.8 Å². The maximum Gasteiger partial charge on any atom is 0.236 e. The highest BCUT2D eigenvalue weighted by Gasteiger charge is 2.11. The Morgan fingerprint density at radius 1 is 1.45 bits per heavy atom. The summed E-state index contributed by atoms with van der Waals surface area (Å²) < 4.78 is 7.37. The number of oxazole rings is 1. The predicted molar refractivity (Wildman–Crippen MR) is 78.3 cm³/mol. The van der Waals surface area contributed by atoms with Gasteiger partial charge in [-0.15, -0.1) is 21.5 Å². The van der Waals surface area contributed by atoms with E-state index in [0.717, 1.165) is 21.6 Å². The van der Waals surface area contributed by atoms with E-state index >= 15 is 0 Å². The highest BCUT2D eigenvalue weighted by atomic mass is 32.2. The fraction of sp³-hybridized carbons (Fsp3) is 0.250. The molecule has 3 rings (SSSR count). The lowest BCUT2D eigenvalue weighted by Crippen LogP contribution is -2.05. The summed E-state index contributed by atoms with van der Waals surface area (Å²) in [5.74, 6) is 2.12. The van der Waals surface area contributed by atoms with Gasteiger partial charge in [0.2, 0.25) is 5.89 Å². The molecule has 0 spiro atoms. The molecule has 20 heavy (non-hydrogen) atoms. The van der Waals surface area contributed by atoms with Crippen molar-refractivity contribution in [2.24, 2.45) is 12.8 Å². The van der Waals surface area contributed by atoms with Gasteiger partial charge in [0.1, 0.15) is 12.1 Å². The van der Waals surface area contributed by atoms with Crippen molar-refractivity contribution in [3.63, 3.8) is 0 Å². The number of nitrogens with zero attached hydrogens (tertiary/aromatic N) is 4. The van der Waals surface area contributed by atoms with E-state index in [2.05, 4.69) is 15.2 Å². The quantitative estimate of drug-likeness (QED) is 0.728. The Hall–Kier alpha value is -1.64. The Balaban J connectivity index is 1.68. The van der Waals surface area contributed by atoms with E-state index in [1.807, 2.05) is 29.1 Å². The van der Waals surface area contributed by atoms with Crippen LogP contribution in [0.4, 0.5) is 0 Å². The van der Waals surface area contributed by atoms with Gasteiger partial charge in [0.05, 0.1) is 17.1 Å². The maximum absolute atomic E-state index is 5.57. The number of thiophene rings is 1. The third-order valence-corrected chi connectivity index (χ3v) is 4.65. The number of hydrogen-bond donors (Lipinski definition) is 1. The van der Waals surface area contributed by atoms with Gasteiger partial charge in [-0.2, -0.15) is 0 Å². The van der Waals surface area contributed by atoms with Gasteiger partial charge in [0.15, 0.2) is 5.16 Å². The van der Waals surface area contributed by atoms with Crippen molar-refractivity contribution in [1.29, 1.82) is 0 Å². The maximum atomic E-state index is 5.57. The molecule has 104 valence electrons. The molecule has 6 nitrogen and oxygen atoms in total. The van der Waals surface area contributed by atoms with Crippen LogP contribution in [-0.4, -0.2) is 19.7 Å². The van der Waals surface area contributed by atoms with Gasteiger partial charge >= 0.3 is 0 Å². The molecule has 3 aromatic heterocycles. The van der Waals surface area contributed by atoms with Crippen molar-refractivity contribution in [1.82, 2.24) is 19.7 Å². The summed E-state index contributed by atoms with van der Waals surface area (Å²) in [5, 5.41) is 10.9. The molecule has 0 aliphatic heterocycles. The van der Waals surface area contributed by atoms with Gasteiger partial charge in [0.25, 0.3) is 0 Å². The third kappa shape index (κ3) is 2.62.